The molecule has 18 heavy (non-hydrogen) atoms. The Bertz CT molecular complexity index is 396. The van der Waals surface area contributed by atoms with Gasteiger partial charge in [0, 0.05) is 16.5 Å². The molecule has 0 aliphatic heterocycles. The Morgan fingerprint density at radius 1 is 1.22 bits per heavy atom. The topological polar surface area (TPSA) is 38.7 Å². The monoisotopic (exact) mass is 380 g/mol. The van der Waals surface area contributed by atoms with E-state index in [0.717, 1.165) is 22.9 Å². The quantitative estimate of drug-likeness (QED) is 0.755. The van der Waals surface area contributed by atoms with E-state index in [1.54, 1.807) is 20.3 Å². The smallest absolute Gasteiger partial charge is 0.136 e. The Balaban J connectivity index is 3.10. The van der Waals surface area contributed by atoms with E-state index in [2.05, 4.69) is 38.8 Å². The Kier molecular flexibility index (Phi) is 6.46. The molecule has 1 N–H and O–H groups in total. The summed E-state index contributed by atoms with van der Waals surface area (Å²) in [5.41, 5.74) is 0.750. The first-order valence-electron chi connectivity index (χ1n) is 5.78. The minimum atomic E-state index is -0.609. The fourth-order valence-corrected chi connectivity index (χ4v) is 3.01. The zero-order valence-electron chi connectivity index (χ0n) is 10.7. The summed E-state index contributed by atoms with van der Waals surface area (Å²) in [5, 5.41) is 10.3. The molecular weight excluding hydrogens is 364 g/mol. The lowest BCUT2D eigenvalue weighted by atomic mass is 10.0. The Hall–Kier alpha value is -0.260. The number of hydrogen-bond acceptors (Lipinski definition) is 3. The van der Waals surface area contributed by atoms with E-state index in [4.69, 9.17) is 9.47 Å². The number of halogens is 2. The molecule has 102 valence electrons. The van der Waals surface area contributed by atoms with Crippen LogP contribution in [0, 0.1) is 0 Å². The zero-order valence-corrected chi connectivity index (χ0v) is 13.9. The van der Waals surface area contributed by atoms with Crippen LogP contribution in [0.5, 0.6) is 11.5 Å². The Morgan fingerprint density at radius 3 is 2.33 bits per heavy atom. The van der Waals surface area contributed by atoms with E-state index >= 15 is 0 Å². The molecular formula is C13H18Br2O3. The predicted molar refractivity (Wildman–Crippen MR) is 79.8 cm³/mol. The van der Waals surface area contributed by atoms with Crippen molar-refractivity contribution in [2.24, 2.45) is 0 Å². The van der Waals surface area contributed by atoms with Gasteiger partial charge in [-0.05, 0) is 28.4 Å². The van der Waals surface area contributed by atoms with Crippen LogP contribution in [0.2, 0.25) is 0 Å². The van der Waals surface area contributed by atoms with Crippen molar-refractivity contribution in [3.63, 3.8) is 0 Å². The van der Waals surface area contributed by atoms with Gasteiger partial charge >= 0.3 is 0 Å². The second-order valence-corrected chi connectivity index (χ2v) is 6.01. The third-order valence-electron chi connectivity index (χ3n) is 2.73. The van der Waals surface area contributed by atoms with Crippen molar-refractivity contribution < 1.29 is 14.6 Å². The van der Waals surface area contributed by atoms with E-state index in [9.17, 15) is 5.11 Å². The summed E-state index contributed by atoms with van der Waals surface area (Å²) in [6, 6.07) is 3.61. The van der Waals surface area contributed by atoms with Crippen LogP contribution in [0.3, 0.4) is 0 Å². The molecule has 0 amide bonds. The molecule has 0 bridgehead atoms. The highest BCUT2D eigenvalue weighted by atomic mass is 79.9. The number of aliphatic hydroxyl groups is 1. The summed E-state index contributed by atoms with van der Waals surface area (Å²) in [6.45, 7) is 2.09. The maximum absolute atomic E-state index is 10.3. The van der Waals surface area contributed by atoms with E-state index in [0.29, 0.717) is 11.5 Å². The first-order valence-corrected chi connectivity index (χ1v) is 7.49. The highest BCUT2D eigenvalue weighted by Gasteiger charge is 2.22. The van der Waals surface area contributed by atoms with Crippen molar-refractivity contribution in [2.45, 2.75) is 30.7 Å². The minimum Gasteiger partial charge on any atom is -0.496 e. The van der Waals surface area contributed by atoms with Crippen molar-refractivity contribution >= 4 is 31.9 Å². The summed E-state index contributed by atoms with van der Waals surface area (Å²) < 4.78 is 11.3. The molecule has 1 aromatic rings. The molecule has 0 heterocycles. The standard InChI is InChI=1S/C13H18Br2O3/c1-4-5-9(14)13(16)8-6-10(15)12(18-3)7-11(8)17-2/h6-7,9,13,16H,4-5H2,1-3H3. The maximum atomic E-state index is 10.3. The Labute approximate surface area is 125 Å². The average molecular weight is 382 g/mol. The number of aliphatic hydroxyl groups excluding tert-OH is 1. The molecule has 0 saturated carbocycles. The molecule has 1 rings (SSSR count). The highest BCUT2D eigenvalue weighted by Crippen LogP contribution is 2.38. The molecule has 0 aliphatic rings. The Morgan fingerprint density at radius 2 is 1.83 bits per heavy atom. The molecule has 0 fully saturated rings. The van der Waals surface area contributed by atoms with Crippen LogP contribution in [0.1, 0.15) is 31.4 Å². The number of methoxy groups -OCH3 is 2. The number of alkyl halides is 1. The number of benzene rings is 1. The second-order valence-electron chi connectivity index (χ2n) is 3.98. The van der Waals surface area contributed by atoms with Gasteiger partial charge in [-0.15, -0.1) is 0 Å². The van der Waals surface area contributed by atoms with E-state index < -0.39 is 6.10 Å². The van der Waals surface area contributed by atoms with Gasteiger partial charge in [0.15, 0.2) is 0 Å². The summed E-state index contributed by atoms with van der Waals surface area (Å²) in [4.78, 5) is 0.0108. The molecule has 0 spiro atoms. The second kappa shape index (κ2) is 7.36. The average Bonchev–Trinajstić information content (AvgIpc) is 2.37. The van der Waals surface area contributed by atoms with Crippen LogP contribution >= 0.6 is 31.9 Å². The van der Waals surface area contributed by atoms with Gasteiger partial charge in [0.2, 0.25) is 0 Å². The zero-order chi connectivity index (χ0) is 13.7. The lowest BCUT2D eigenvalue weighted by Gasteiger charge is -2.20. The largest absolute Gasteiger partial charge is 0.496 e. The van der Waals surface area contributed by atoms with Crippen molar-refractivity contribution in [3.8, 4) is 11.5 Å². The number of rotatable bonds is 6. The van der Waals surface area contributed by atoms with Crippen molar-refractivity contribution in [1.29, 1.82) is 0 Å². The van der Waals surface area contributed by atoms with Crippen molar-refractivity contribution in [3.05, 3.63) is 22.2 Å². The van der Waals surface area contributed by atoms with Crippen LogP contribution in [-0.2, 0) is 0 Å². The number of ether oxygens (including phenoxy) is 2. The molecule has 0 aliphatic carbocycles. The normalized spacial score (nSPS) is 14.1. The van der Waals surface area contributed by atoms with Crippen LogP contribution in [0.4, 0.5) is 0 Å². The first kappa shape index (κ1) is 15.8. The van der Waals surface area contributed by atoms with Gasteiger partial charge in [0.1, 0.15) is 11.5 Å². The van der Waals surface area contributed by atoms with Crippen molar-refractivity contribution in [1.82, 2.24) is 0 Å². The molecule has 0 saturated heterocycles. The van der Waals surface area contributed by atoms with Crippen LogP contribution in [-0.4, -0.2) is 24.2 Å². The molecule has 0 aromatic heterocycles. The molecule has 2 unspecified atom stereocenters. The maximum Gasteiger partial charge on any atom is 0.136 e. The summed E-state index contributed by atoms with van der Waals surface area (Å²) in [5.74, 6) is 1.31. The SMILES string of the molecule is CCCC(Br)C(O)c1cc(Br)c(OC)cc1OC. The molecule has 3 nitrogen and oxygen atoms in total. The van der Waals surface area contributed by atoms with E-state index in [-0.39, 0.29) is 4.83 Å². The van der Waals surface area contributed by atoms with Gasteiger partial charge < -0.3 is 14.6 Å². The number of hydrogen-bond donors (Lipinski definition) is 1. The molecule has 0 radical (unpaired) electrons. The lowest BCUT2D eigenvalue weighted by molar-refractivity contribution is 0.168. The van der Waals surface area contributed by atoms with Crippen molar-refractivity contribution in [2.75, 3.05) is 14.2 Å². The van der Waals surface area contributed by atoms with Gasteiger partial charge in [-0.3, -0.25) is 0 Å². The summed E-state index contributed by atoms with van der Waals surface area (Å²) in [7, 11) is 3.18. The molecule has 1 aromatic carbocycles. The van der Waals surface area contributed by atoms with Crippen LogP contribution in [0.15, 0.2) is 16.6 Å². The summed E-state index contributed by atoms with van der Waals surface area (Å²) in [6.07, 6.45) is 1.29. The first-order chi connectivity index (χ1) is 8.54. The molecule has 2 atom stereocenters. The lowest BCUT2D eigenvalue weighted by Crippen LogP contribution is -2.13. The highest BCUT2D eigenvalue weighted by molar-refractivity contribution is 9.10. The van der Waals surface area contributed by atoms with Gasteiger partial charge in [-0.1, -0.05) is 29.3 Å². The van der Waals surface area contributed by atoms with Gasteiger partial charge in [-0.2, -0.15) is 0 Å². The predicted octanol–water partition coefficient (Wildman–Crippen LogP) is 4.06. The fraction of sp³-hybridized carbons (Fsp3) is 0.538. The van der Waals surface area contributed by atoms with Crippen LogP contribution in [0.25, 0.3) is 0 Å². The fourth-order valence-electron chi connectivity index (χ4n) is 1.74. The van der Waals surface area contributed by atoms with Gasteiger partial charge in [0.25, 0.3) is 0 Å². The van der Waals surface area contributed by atoms with E-state index in [1.165, 1.54) is 0 Å². The van der Waals surface area contributed by atoms with Gasteiger partial charge in [0.05, 0.1) is 24.8 Å². The van der Waals surface area contributed by atoms with E-state index in [1.807, 2.05) is 6.07 Å². The molecule has 5 heteroatoms. The third-order valence-corrected chi connectivity index (χ3v) is 4.31. The third kappa shape index (κ3) is 3.62. The summed E-state index contributed by atoms with van der Waals surface area (Å²) >= 11 is 6.93. The minimum absolute atomic E-state index is 0.0108. The van der Waals surface area contributed by atoms with Gasteiger partial charge in [-0.25, -0.2) is 0 Å². The van der Waals surface area contributed by atoms with Crippen LogP contribution < -0.4 is 9.47 Å².